The Morgan fingerprint density at radius 3 is 2.47 bits per heavy atom. The summed E-state index contributed by atoms with van der Waals surface area (Å²) in [6, 6.07) is 6.41. The maximum absolute atomic E-state index is 15.0. The molecule has 5 fully saturated rings. The molecule has 6 aliphatic rings. The van der Waals surface area contributed by atoms with Crippen LogP contribution in [0, 0.1) is 35.0 Å². The Morgan fingerprint density at radius 1 is 1.07 bits per heavy atom. The van der Waals surface area contributed by atoms with Crippen LogP contribution in [0.4, 0.5) is 4.39 Å². The highest BCUT2D eigenvalue weighted by atomic mass is 32.2. The Morgan fingerprint density at radius 2 is 1.81 bits per heavy atom. The second-order valence-electron chi connectivity index (χ2n) is 18.0. The predicted octanol–water partition coefficient (Wildman–Crippen LogP) is 5.25. The first-order chi connectivity index (χ1) is 27.7. The van der Waals surface area contributed by atoms with E-state index in [1.807, 2.05) is 43.3 Å². The highest BCUT2D eigenvalue weighted by Crippen LogP contribution is 2.58. The number of methoxy groups -OCH3 is 1. The quantitative estimate of drug-likeness (QED) is 0.232. The zero-order chi connectivity index (χ0) is 41.0. The van der Waals surface area contributed by atoms with Gasteiger partial charge in [-0.25, -0.2) is 17.8 Å². The first kappa shape index (κ1) is 40.7. The molecule has 8 rings (SSSR count). The number of benzene rings is 1. The Bertz CT molecular complexity index is 2100. The largest absolute Gasteiger partial charge is 0.494 e. The fourth-order valence-electron chi connectivity index (χ4n) is 9.53. The Labute approximate surface area is 338 Å². The van der Waals surface area contributed by atoms with Gasteiger partial charge in [0.05, 0.1) is 56.9 Å². The minimum atomic E-state index is -4.34. The number of hydrogen-bond acceptors (Lipinski definition) is 11. The molecule has 3 aliphatic heterocycles. The van der Waals surface area contributed by atoms with E-state index in [-0.39, 0.29) is 68.7 Å². The molecule has 3 aliphatic carbocycles. The minimum Gasteiger partial charge on any atom is -0.494 e. The molecule has 0 radical (unpaired) electrons. The third-order valence-corrected chi connectivity index (χ3v) is 15.9. The summed E-state index contributed by atoms with van der Waals surface area (Å²) in [6.07, 6.45) is 8.78. The Kier molecular flexibility index (Phi) is 10.9. The number of halogens is 1. The van der Waals surface area contributed by atoms with Crippen molar-refractivity contribution in [3.8, 4) is 11.6 Å². The van der Waals surface area contributed by atoms with Crippen molar-refractivity contribution in [2.24, 2.45) is 35.0 Å². The number of ether oxygens (including phenoxy) is 4. The van der Waals surface area contributed by atoms with Gasteiger partial charge >= 0.3 is 5.97 Å². The zero-order valence-corrected chi connectivity index (χ0v) is 34.3. The first-order valence-electron chi connectivity index (χ1n) is 20.7. The van der Waals surface area contributed by atoms with Gasteiger partial charge in [-0.1, -0.05) is 44.2 Å². The van der Waals surface area contributed by atoms with Crippen LogP contribution < -0.4 is 14.2 Å². The number of nitrogens with zero attached hydrogens (tertiary/aromatic N) is 2. The van der Waals surface area contributed by atoms with Crippen molar-refractivity contribution in [2.45, 2.75) is 107 Å². The summed E-state index contributed by atoms with van der Waals surface area (Å²) in [5.41, 5.74) is -2.05. The molecule has 2 saturated heterocycles. The molecule has 1 aromatic carbocycles. The van der Waals surface area contributed by atoms with Crippen molar-refractivity contribution in [3.63, 3.8) is 0 Å². The van der Waals surface area contributed by atoms with Crippen LogP contribution in [-0.2, 0) is 38.7 Å². The molecule has 2 amide bonds. The fraction of sp³-hybridized carbons (Fsp3) is 0.651. The van der Waals surface area contributed by atoms with E-state index in [0.717, 1.165) is 24.6 Å². The van der Waals surface area contributed by atoms with Gasteiger partial charge in [-0.2, -0.15) is 0 Å². The van der Waals surface area contributed by atoms with E-state index >= 15 is 4.79 Å². The van der Waals surface area contributed by atoms with Gasteiger partial charge in [0, 0.05) is 29.5 Å². The summed E-state index contributed by atoms with van der Waals surface area (Å²) in [5.74, 6) is -2.30. The minimum absolute atomic E-state index is 0.0148. The highest BCUT2D eigenvalue weighted by molar-refractivity contribution is 7.91. The third-order valence-electron chi connectivity index (χ3n) is 13.8. The number of aromatic nitrogens is 1. The number of fused-ring (bicyclic) bond motifs is 3. The highest BCUT2D eigenvalue weighted by Gasteiger charge is 2.64. The number of sulfonamides is 1. The van der Waals surface area contributed by atoms with Gasteiger partial charge in [0.1, 0.15) is 23.3 Å². The summed E-state index contributed by atoms with van der Waals surface area (Å²) < 4.78 is 64.6. The number of amides is 2. The third kappa shape index (κ3) is 7.61. The number of nitrogens with one attached hydrogen (secondary N) is 1. The molecular formula is C43H54FN3O10S. The maximum atomic E-state index is 15.0. The number of Topliss-reactive ketones (excluding diaryl/α,β-unsaturated/α-hetero) is 1. The van der Waals surface area contributed by atoms with Crippen LogP contribution in [0.3, 0.4) is 0 Å². The second-order valence-corrected chi connectivity index (χ2v) is 20.0. The number of pyridine rings is 1. The van der Waals surface area contributed by atoms with Crippen molar-refractivity contribution in [1.29, 1.82) is 0 Å². The first-order valence-corrected chi connectivity index (χ1v) is 22.2. The predicted molar refractivity (Wildman–Crippen MR) is 210 cm³/mol. The van der Waals surface area contributed by atoms with Crippen LogP contribution >= 0.6 is 0 Å². The Balaban J connectivity index is 1.11. The summed E-state index contributed by atoms with van der Waals surface area (Å²) >= 11 is 0. The molecule has 7 atom stereocenters. The number of carbonyl (C=O) groups is 4. The lowest BCUT2D eigenvalue weighted by Crippen LogP contribution is -2.55. The monoisotopic (exact) mass is 823 g/mol. The average molecular weight is 824 g/mol. The van der Waals surface area contributed by atoms with E-state index in [9.17, 15) is 27.2 Å². The second kappa shape index (κ2) is 15.5. The van der Waals surface area contributed by atoms with Gasteiger partial charge in [0.2, 0.25) is 27.7 Å². The van der Waals surface area contributed by atoms with Gasteiger partial charge in [-0.05, 0) is 75.2 Å². The van der Waals surface area contributed by atoms with Gasteiger partial charge in [0.25, 0.3) is 0 Å². The summed E-state index contributed by atoms with van der Waals surface area (Å²) in [5, 5.41) is 1.46. The lowest BCUT2D eigenvalue weighted by Gasteiger charge is -2.41. The topological polar surface area (TPSA) is 167 Å². The standard InChI is InChI=1S/C43H54FN3O10S/c1-26-8-4-5-9-29-19-42(29,40(51)46-58(52,53)41(23-44)14-15-41)20-35(48)34-17-30(56-38-32-11-7-6-10-31(32)36(54-3)21-45-38)22-47(34)39(50)33(27(2)16-26)18-37(49)57-43(24-55-25-43)28-12-13-28/h5-7,9-11,21,26-30,33-34H,4,8,12-20,22-25H2,1-3H3,(H,46,51)/b9-5-/t26-,27-,29-,30-,33+,34+,42-/m1/s1. The van der Waals surface area contributed by atoms with Crippen molar-refractivity contribution >= 4 is 44.4 Å². The number of esters is 1. The molecule has 58 heavy (non-hydrogen) atoms. The lowest BCUT2D eigenvalue weighted by atomic mass is 9.82. The molecule has 0 unspecified atom stereocenters. The Hall–Kier alpha value is -4.11. The molecule has 4 heterocycles. The maximum Gasteiger partial charge on any atom is 0.307 e. The normalized spacial score (nSPS) is 32.4. The van der Waals surface area contributed by atoms with Gasteiger partial charge in [-0.15, -0.1) is 0 Å². The number of rotatable bonds is 11. The van der Waals surface area contributed by atoms with Crippen LogP contribution in [-0.4, -0.2) is 97.9 Å². The van der Waals surface area contributed by atoms with Crippen molar-refractivity contribution < 1.29 is 50.9 Å². The lowest BCUT2D eigenvalue weighted by molar-refractivity contribution is -0.222. The zero-order valence-electron chi connectivity index (χ0n) is 33.5. The van der Waals surface area contributed by atoms with Crippen LogP contribution in [0.2, 0.25) is 0 Å². The molecule has 1 aromatic heterocycles. The van der Waals surface area contributed by atoms with E-state index in [0.29, 0.717) is 43.1 Å². The molecule has 1 N–H and O–H groups in total. The van der Waals surface area contributed by atoms with E-state index in [1.165, 1.54) is 4.90 Å². The number of carbonyl (C=O) groups excluding carboxylic acids is 4. The molecule has 2 aromatic rings. The molecular weight excluding hydrogens is 770 g/mol. The SMILES string of the molecule is COc1cnc(O[C@@H]2C[C@H]3C(=O)C[C@]4(C(=O)NS(=O)(=O)C5(CF)CC5)C[C@H]4/C=C\CC[C@@H](C)C[C@@H](C)[C@H](CC(=O)OC4(C5CC5)COC4)C(=O)N3C2)c2ccccc12. The number of allylic oxidation sites excluding steroid dienone is 2. The van der Waals surface area contributed by atoms with Crippen LogP contribution in [0.1, 0.15) is 84.5 Å². The van der Waals surface area contributed by atoms with Gasteiger partial charge < -0.3 is 23.8 Å². The molecule has 3 saturated carbocycles. The number of hydrogen-bond donors (Lipinski definition) is 1. The van der Waals surface area contributed by atoms with Crippen LogP contribution in [0.15, 0.2) is 42.6 Å². The summed E-state index contributed by atoms with van der Waals surface area (Å²) in [6.45, 7) is 3.66. The van der Waals surface area contributed by atoms with Crippen LogP contribution in [0.5, 0.6) is 11.6 Å². The summed E-state index contributed by atoms with van der Waals surface area (Å²) in [4.78, 5) is 63.6. The van der Waals surface area contributed by atoms with Crippen molar-refractivity contribution in [1.82, 2.24) is 14.6 Å². The number of alkyl halides is 1. The average Bonchev–Trinajstić information content (AvgIpc) is 4.10. The van der Waals surface area contributed by atoms with E-state index < -0.39 is 74.1 Å². The van der Waals surface area contributed by atoms with E-state index in [2.05, 4.69) is 16.6 Å². The van der Waals surface area contributed by atoms with Crippen LogP contribution in [0.25, 0.3) is 10.8 Å². The molecule has 13 nitrogen and oxygen atoms in total. The van der Waals surface area contributed by atoms with Gasteiger partial charge in [0.15, 0.2) is 11.4 Å². The van der Waals surface area contributed by atoms with E-state index in [1.54, 1.807) is 13.3 Å². The number of ketones is 1. The summed E-state index contributed by atoms with van der Waals surface area (Å²) in [7, 11) is -2.79. The van der Waals surface area contributed by atoms with Crippen molar-refractivity contribution in [2.75, 3.05) is 33.5 Å². The van der Waals surface area contributed by atoms with Crippen molar-refractivity contribution in [3.05, 3.63) is 42.6 Å². The molecule has 15 heteroatoms. The van der Waals surface area contributed by atoms with E-state index in [4.69, 9.17) is 18.9 Å². The molecule has 0 bridgehead atoms. The smallest absolute Gasteiger partial charge is 0.307 e. The molecule has 314 valence electrons. The molecule has 0 spiro atoms. The van der Waals surface area contributed by atoms with Gasteiger partial charge in [-0.3, -0.25) is 23.9 Å². The fourth-order valence-corrected chi connectivity index (χ4v) is 11.0.